The van der Waals surface area contributed by atoms with Crippen LogP contribution in [0.3, 0.4) is 0 Å². The van der Waals surface area contributed by atoms with Crippen molar-refractivity contribution < 1.29 is 8.42 Å². The van der Waals surface area contributed by atoms with Crippen molar-refractivity contribution in [1.82, 2.24) is 0 Å². The molecule has 0 bridgehead atoms. The second-order valence-corrected chi connectivity index (χ2v) is 8.73. The Labute approximate surface area is 116 Å². The molecule has 0 aliphatic heterocycles. The fourth-order valence-corrected chi connectivity index (χ4v) is 3.53. The monoisotopic (exact) mass is 281 g/mol. The average Bonchev–Trinajstić information content (AvgIpc) is 2.72. The minimum atomic E-state index is -3.10. The molecule has 0 spiro atoms. The van der Waals surface area contributed by atoms with Gasteiger partial charge in [0, 0.05) is 11.7 Å². The van der Waals surface area contributed by atoms with Crippen molar-refractivity contribution in [1.29, 1.82) is 0 Å². The van der Waals surface area contributed by atoms with E-state index in [4.69, 9.17) is 0 Å². The molecule has 0 amide bonds. The van der Waals surface area contributed by atoms with E-state index in [-0.39, 0.29) is 16.6 Å². The minimum Gasteiger partial charge on any atom is -0.381 e. The van der Waals surface area contributed by atoms with E-state index in [0.717, 1.165) is 5.69 Å². The summed E-state index contributed by atoms with van der Waals surface area (Å²) in [4.78, 5) is 0.398. The van der Waals surface area contributed by atoms with Gasteiger partial charge in [0.15, 0.2) is 9.84 Å². The first kappa shape index (κ1) is 14.4. The predicted molar refractivity (Wildman–Crippen MR) is 79.1 cm³/mol. The van der Waals surface area contributed by atoms with Crippen LogP contribution >= 0.6 is 0 Å². The lowest BCUT2D eigenvalue weighted by molar-refractivity contribution is 0.457. The van der Waals surface area contributed by atoms with Gasteiger partial charge in [-0.15, -0.1) is 0 Å². The molecule has 0 heterocycles. The molecule has 1 fully saturated rings. The van der Waals surface area contributed by atoms with E-state index in [0.29, 0.717) is 10.9 Å². The van der Waals surface area contributed by atoms with Gasteiger partial charge in [0.05, 0.1) is 10.6 Å². The van der Waals surface area contributed by atoms with E-state index in [1.54, 1.807) is 19.1 Å². The third kappa shape index (κ3) is 2.27. The Kier molecular flexibility index (Phi) is 3.21. The first-order chi connectivity index (χ1) is 8.63. The number of rotatable bonds is 4. The second-order valence-electron chi connectivity index (χ2n) is 6.45. The average molecular weight is 281 g/mol. The van der Waals surface area contributed by atoms with Gasteiger partial charge >= 0.3 is 0 Å². The molecule has 106 valence electrons. The van der Waals surface area contributed by atoms with E-state index in [1.807, 2.05) is 12.1 Å². The quantitative estimate of drug-likeness (QED) is 0.921. The molecular weight excluding hydrogens is 258 g/mol. The highest BCUT2D eigenvalue weighted by Gasteiger charge is 2.64. The summed E-state index contributed by atoms with van der Waals surface area (Å²) < 4.78 is 23.5. The minimum absolute atomic E-state index is 0.141. The molecule has 0 aromatic heterocycles. The van der Waals surface area contributed by atoms with Crippen LogP contribution in [0, 0.1) is 10.8 Å². The summed E-state index contributed by atoms with van der Waals surface area (Å²) in [5.41, 5.74) is 1.52. The molecule has 4 heteroatoms. The summed E-state index contributed by atoms with van der Waals surface area (Å²) in [5, 5.41) is 3.50. The third-order valence-corrected chi connectivity index (χ3v) is 6.68. The van der Waals surface area contributed by atoms with Gasteiger partial charge in [0.1, 0.15) is 0 Å². The summed E-state index contributed by atoms with van der Waals surface area (Å²) in [6, 6.07) is 7.50. The maximum Gasteiger partial charge on any atom is 0.178 e. The Balaban J connectivity index is 2.14. The van der Waals surface area contributed by atoms with Gasteiger partial charge < -0.3 is 5.32 Å². The van der Waals surface area contributed by atoms with Crippen molar-refractivity contribution in [3.8, 4) is 0 Å². The van der Waals surface area contributed by atoms with Crippen LogP contribution < -0.4 is 5.32 Å². The standard InChI is InChI=1S/C15H23NO2S/c1-6-19(17,18)12-9-7-11(8-10-12)16-13-14(2,3)15(13,4)5/h7-10,13,16H,6H2,1-5H3. The molecule has 1 aliphatic carbocycles. The first-order valence-corrected chi connectivity index (χ1v) is 8.37. The molecule has 1 aromatic rings. The molecule has 1 saturated carbocycles. The SMILES string of the molecule is CCS(=O)(=O)c1ccc(NC2C(C)(C)C2(C)C)cc1. The summed E-state index contributed by atoms with van der Waals surface area (Å²) in [6.45, 7) is 10.7. The molecular formula is C15H23NO2S. The zero-order chi connectivity index (χ0) is 14.5. The van der Waals surface area contributed by atoms with Gasteiger partial charge in [-0.25, -0.2) is 8.42 Å². The van der Waals surface area contributed by atoms with Gasteiger partial charge in [-0.3, -0.25) is 0 Å². The van der Waals surface area contributed by atoms with Gasteiger partial charge in [-0.2, -0.15) is 0 Å². The first-order valence-electron chi connectivity index (χ1n) is 6.72. The van der Waals surface area contributed by atoms with Crippen LogP contribution in [-0.2, 0) is 9.84 Å². The molecule has 3 nitrogen and oxygen atoms in total. The van der Waals surface area contributed by atoms with Gasteiger partial charge in [0.25, 0.3) is 0 Å². The van der Waals surface area contributed by atoms with E-state index >= 15 is 0 Å². The second kappa shape index (κ2) is 4.23. The molecule has 0 saturated heterocycles. The number of nitrogens with one attached hydrogen (secondary N) is 1. The largest absolute Gasteiger partial charge is 0.381 e. The lowest BCUT2D eigenvalue weighted by Gasteiger charge is -2.09. The Bertz CT molecular complexity index is 557. The van der Waals surface area contributed by atoms with Crippen LogP contribution in [0.15, 0.2) is 29.2 Å². The Morgan fingerprint density at radius 3 is 1.89 bits per heavy atom. The highest BCUT2D eigenvalue weighted by atomic mass is 32.2. The van der Waals surface area contributed by atoms with E-state index in [2.05, 4.69) is 33.0 Å². The van der Waals surface area contributed by atoms with E-state index in [1.165, 1.54) is 0 Å². The van der Waals surface area contributed by atoms with Gasteiger partial charge in [-0.05, 0) is 35.1 Å². The lowest BCUT2D eigenvalue weighted by Crippen LogP contribution is -2.10. The number of anilines is 1. The zero-order valence-electron chi connectivity index (χ0n) is 12.3. The molecule has 0 unspecified atom stereocenters. The van der Waals surface area contributed by atoms with Crippen LogP contribution in [0.2, 0.25) is 0 Å². The number of sulfone groups is 1. The van der Waals surface area contributed by atoms with Crippen LogP contribution in [0.1, 0.15) is 34.6 Å². The van der Waals surface area contributed by atoms with Crippen molar-refractivity contribution in [2.75, 3.05) is 11.1 Å². The van der Waals surface area contributed by atoms with E-state index in [9.17, 15) is 8.42 Å². The highest BCUT2D eigenvalue weighted by molar-refractivity contribution is 7.91. The van der Waals surface area contributed by atoms with Crippen LogP contribution in [0.25, 0.3) is 0 Å². The van der Waals surface area contributed by atoms with Crippen molar-refractivity contribution in [2.24, 2.45) is 10.8 Å². The van der Waals surface area contributed by atoms with Crippen molar-refractivity contribution in [2.45, 2.75) is 45.6 Å². The van der Waals surface area contributed by atoms with Crippen molar-refractivity contribution >= 4 is 15.5 Å². The number of hydrogen-bond acceptors (Lipinski definition) is 3. The molecule has 0 atom stereocenters. The number of hydrogen-bond donors (Lipinski definition) is 1. The fraction of sp³-hybridized carbons (Fsp3) is 0.600. The van der Waals surface area contributed by atoms with Gasteiger partial charge in [-0.1, -0.05) is 34.6 Å². The summed E-state index contributed by atoms with van der Waals surface area (Å²) in [7, 11) is -3.10. The molecule has 0 radical (unpaired) electrons. The van der Waals surface area contributed by atoms with E-state index < -0.39 is 9.84 Å². The predicted octanol–water partition coefficient (Wildman–Crippen LogP) is 3.33. The topological polar surface area (TPSA) is 46.2 Å². The summed E-state index contributed by atoms with van der Waals surface area (Å²) >= 11 is 0. The summed E-state index contributed by atoms with van der Waals surface area (Å²) in [5.74, 6) is 0.141. The lowest BCUT2D eigenvalue weighted by atomic mass is 10.0. The van der Waals surface area contributed by atoms with Crippen molar-refractivity contribution in [3.63, 3.8) is 0 Å². The molecule has 19 heavy (non-hydrogen) atoms. The molecule has 1 N–H and O–H groups in total. The van der Waals surface area contributed by atoms with Crippen LogP contribution in [-0.4, -0.2) is 20.2 Å². The maximum atomic E-state index is 11.7. The molecule has 1 aromatic carbocycles. The maximum absolute atomic E-state index is 11.7. The van der Waals surface area contributed by atoms with Crippen LogP contribution in [0.4, 0.5) is 5.69 Å². The third-order valence-electron chi connectivity index (χ3n) is 4.93. The van der Waals surface area contributed by atoms with Crippen LogP contribution in [0.5, 0.6) is 0 Å². The Morgan fingerprint density at radius 2 is 1.53 bits per heavy atom. The number of benzene rings is 1. The normalized spacial score (nSPS) is 21.1. The fourth-order valence-electron chi connectivity index (χ4n) is 2.65. The zero-order valence-corrected chi connectivity index (χ0v) is 13.1. The van der Waals surface area contributed by atoms with Gasteiger partial charge in [0.2, 0.25) is 0 Å². The Morgan fingerprint density at radius 1 is 1.05 bits per heavy atom. The van der Waals surface area contributed by atoms with Crippen molar-refractivity contribution in [3.05, 3.63) is 24.3 Å². The highest BCUT2D eigenvalue weighted by Crippen LogP contribution is 2.63. The molecule has 2 rings (SSSR count). The smallest absolute Gasteiger partial charge is 0.178 e. The Hall–Kier alpha value is -1.03. The summed E-state index contributed by atoms with van der Waals surface area (Å²) in [6.07, 6.45) is 0. The molecule has 1 aliphatic rings.